The largest absolute Gasteiger partial charge is 0.465 e. The number of likely N-dealkylation sites (tertiary alicyclic amines) is 1. The van der Waals surface area contributed by atoms with E-state index in [9.17, 15) is 9.59 Å². The molecule has 1 saturated heterocycles. The number of ether oxygens (including phenoxy) is 1. The molecule has 0 spiro atoms. The standard InChI is InChI=1S/C14H17BrN2O3/c1-20-14(19)11-5-4-10(15)7-9(11)8-17-6-2-3-12(17)13(16)18/h4-5,7,12H,2-3,6,8H2,1H3,(H2,16,18)/t12-/m1/s1. The van der Waals surface area contributed by atoms with Gasteiger partial charge in [-0.15, -0.1) is 0 Å². The van der Waals surface area contributed by atoms with Gasteiger partial charge in [-0.3, -0.25) is 9.69 Å². The first kappa shape index (κ1) is 15.0. The first-order valence-electron chi connectivity index (χ1n) is 6.43. The van der Waals surface area contributed by atoms with E-state index in [0.29, 0.717) is 12.1 Å². The van der Waals surface area contributed by atoms with E-state index in [1.165, 1.54) is 7.11 Å². The molecule has 0 unspecified atom stereocenters. The van der Waals surface area contributed by atoms with Gasteiger partial charge in [0.2, 0.25) is 5.91 Å². The van der Waals surface area contributed by atoms with Crippen molar-refractivity contribution in [2.24, 2.45) is 5.73 Å². The summed E-state index contributed by atoms with van der Waals surface area (Å²) in [4.78, 5) is 25.2. The Kier molecular flexibility index (Phi) is 4.77. The number of rotatable bonds is 4. The predicted octanol–water partition coefficient (Wildman–Crippen LogP) is 1.69. The molecule has 1 aliphatic heterocycles. The topological polar surface area (TPSA) is 72.6 Å². The lowest BCUT2D eigenvalue weighted by molar-refractivity contribution is -0.122. The molecule has 2 N–H and O–H groups in total. The van der Waals surface area contributed by atoms with Gasteiger partial charge in [-0.25, -0.2) is 4.79 Å². The van der Waals surface area contributed by atoms with Crippen LogP contribution < -0.4 is 5.73 Å². The highest BCUT2D eigenvalue weighted by molar-refractivity contribution is 9.10. The maximum absolute atomic E-state index is 11.8. The molecular formula is C14H17BrN2O3. The maximum Gasteiger partial charge on any atom is 0.338 e. The molecule has 20 heavy (non-hydrogen) atoms. The molecule has 1 aromatic rings. The van der Waals surface area contributed by atoms with E-state index >= 15 is 0 Å². The molecule has 108 valence electrons. The zero-order chi connectivity index (χ0) is 14.7. The van der Waals surface area contributed by atoms with E-state index in [0.717, 1.165) is 29.4 Å². The normalized spacial score (nSPS) is 19.0. The molecule has 6 heteroatoms. The van der Waals surface area contributed by atoms with Crippen LogP contribution in [0, 0.1) is 0 Å². The smallest absolute Gasteiger partial charge is 0.338 e. The van der Waals surface area contributed by atoms with E-state index < -0.39 is 0 Å². The van der Waals surface area contributed by atoms with Crippen LogP contribution in [0.25, 0.3) is 0 Å². The molecule has 1 heterocycles. The van der Waals surface area contributed by atoms with Crippen molar-refractivity contribution in [1.82, 2.24) is 4.90 Å². The van der Waals surface area contributed by atoms with Crippen LogP contribution >= 0.6 is 15.9 Å². The molecule has 0 bridgehead atoms. The van der Waals surface area contributed by atoms with Gasteiger partial charge in [0.15, 0.2) is 0 Å². The first-order valence-corrected chi connectivity index (χ1v) is 7.22. The Morgan fingerprint density at radius 2 is 2.25 bits per heavy atom. The van der Waals surface area contributed by atoms with Crippen LogP contribution in [0.3, 0.4) is 0 Å². The Morgan fingerprint density at radius 1 is 1.50 bits per heavy atom. The van der Waals surface area contributed by atoms with Gasteiger partial charge in [0.1, 0.15) is 0 Å². The SMILES string of the molecule is COC(=O)c1ccc(Br)cc1CN1CCC[C@@H]1C(N)=O. The minimum absolute atomic E-state index is 0.250. The van der Waals surface area contributed by atoms with Gasteiger partial charge in [0.25, 0.3) is 0 Å². The summed E-state index contributed by atoms with van der Waals surface area (Å²) >= 11 is 3.40. The fourth-order valence-corrected chi connectivity index (χ4v) is 2.97. The number of carbonyl (C=O) groups excluding carboxylic acids is 2. The van der Waals surface area contributed by atoms with Crippen molar-refractivity contribution in [2.45, 2.75) is 25.4 Å². The van der Waals surface area contributed by atoms with E-state index in [4.69, 9.17) is 10.5 Å². The van der Waals surface area contributed by atoms with Crippen LogP contribution in [0.1, 0.15) is 28.8 Å². The number of hydrogen-bond donors (Lipinski definition) is 1. The van der Waals surface area contributed by atoms with Crippen molar-refractivity contribution in [2.75, 3.05) is 13.7 Å². The third-order valence-electron chi connectivity index (χ3n) is 3.54. The van der Waals surface area contributed by atoms with Gasteiger partial charge < -0.3 is 10.5 Å². The van der Waals surface area contributed by atoms with Crippen LogP contribution in [0.2, 0.25) is 0 Å². The Morgan fingerprint density at radius 3 is 2.90 bits per heavy atom. The maximum atomic E-state index is 11.8. The third-order valence-corrected chi connectivity index (χ3v) is 4.03. The minimum Gasteiger partial charge on any atom is -0.465 e. The van der Waals surface area contributed by atoms with Crippen LogP contribution in [-0.2, 0) is 16.1 Å². The molecule has 1 atom stereocenters. The number of esters is 1. The number of carbonyl (C=O) groups is 2. The molecule has 5 nitrogen and oxygen atoms in total. The molecule has 1 fully saturated rings. The molecule has 0 aliphatic carbocycles. The highest BCUT2D eigenvalue weighted by atomic mass is 79.9. The Labute approximate surface area is 126 Å². The number of methoxy groups -OCH3 is 1. The Balaban J connectivity index is 2.26. The zero-order valence-corrected chi connectivity index (χ0v) is 12.9. The summed E-state index contributed by atoms with van der Waals surface area (Å²) in [6.45, 7) is 1.32. The number of benzene rings is 1. The van der Waals surface area contributed by atoms with Crippen molar-refractivity contribution in [3.05, 3.63) is 33.8 Å². The van der Waals surface area contributed by atoms with E-state index in [-0.39, 0.29) is 17.9 Å². The molecular weight excluding hydrogens is 324 g/mol. The summed E-state index contributed by atoms with van der Waals surface area (Å²) in [5.41, 5.74) is 6.77. The zero-order valence-electron chi connectivity index (χ0n) is 11.3. The van der Waals surface area contributed by atoms with E-state index in [1.54, 1.807) is 12.1 Å². The lowest BCUT2D eigenvalue weighted by Gasteiger charge is -2.22. The van der Waals surface area contributed by atoms with Crippen molar-refractivity contribution >= 4 is 27.8 Å². The highest BCUT2D eigenvalue weighted by Gasteiger charge is 2.29. The number of halogens is 1. The second-order valence-corrected chi connectivity index (χ2v) is 5.74. The summed E-state index contributed by atoms with van der Waals surface area (Å²) in [5.74, 6) is -0.681. The lowest BCUT2D eigenvalue weighted by atomic mass is 10.1. The quantitative estimate of drug-likeness (QED) is 0.846. The van der Waals surface area contributed by atoms with Gasteiger partial charge in [0.05, 0.1) is 18.7 Å². The fraction of sp³-hybridized carbons (Fsp3) is 0.429. The average molecular weight is 341 g/mol. The van der Waals surface area contributed by atoms with Crippen molar-refractivity contribution < 1.29 is 14.3 Å². The fourth-order valence-electron chi connectivity index (χ4n) is 2.56. The van der Waals surface area contributed by atoms with Crippen molar-refractivity contribution in [3.63, 3.8) is 0 Å². The summed E-state index contributed by atoms with van der Waals surface area (Å²) < 4.78 is 5.68. The molecule has 2 rings (SSSR count). The van der Waals surface area contributed by atoms with Crippen LogP contribution in [0.5, 0.6) is 0 Å². The van der Waals surface area contributed by atoms with Gasteiger partial charge in [-0.1, -0.05) is 15.9 Å². The number of amides is 1. The third kappa shape index (κ3) is 3.19. The average Bonchev–Trinajstić information content (AvgIpc) is 2.86. The van der Waals surface area contributed by atoms with Gasteiger partial charge in [-0.05, 0) is 43.1 Å². The number of primary amides is 1. The van der Waals surface area contributed by atoms with E-state index in [1.807, 2.05) is 11.0 Å². The molecule has 0 radical (unpaired) electrons. The minimum atomic E-state index is -0.373. The molecule has 1 aromatic carbocycles. The number of nitrogens with two attached hydrogens (primary N) is 1. The van der Waals surface area contributed by atoms with Crippen LogP contribution in [0.4, 0.5) is 0 Å². The second-order valence-electron chi connectivity index (χ2n) is 4.82. The second kappa shape index (κ2) is 6.37. The summed E-state index contributed by atoms with van der Waals surface area (Å²) in [5, 5.41) is 0. The summed E-state index contributed by atoms with van der Waals surface area (Å²) in [6, 6.07) is 5.15. The predicted molar refractivity (Wildman–Crippen MR) is 78.1 cm³/mol. The van der Waals surface area contributed by atoms with Gasteiger partial charge in [-0.2, -0.15) is 0 Å². The highest BCUT2D eigenvalue weighted by Crippen LogP contribution is 2.24. The van der Waals surface area contributed by atoms with Gasteiger partial charge >= 0.3 is 5.97 Å². The Hall–Kier alpha value is -1.40. The first-order chi connectivity index (χ1) is 9.52. The molecule has 0 saturated carbocycles. The lowest BCUT2D eigenvalue weighted by Crippen LogP contribution is -2.40. The Bertz CT molecular complexity index is 533. The number of nitrogens with zero attached hydrogens (tertiary/aromatic N) is 1. The molecule has 1 amide bonds. The summed E-state index contributed by atoms with van der Waals surface area (Å²) in [7, 11) is 1.36. The van der Waals surface area contributed by atoms with Crippen LogP contribution in [-0.4, -0.2) is 36.5 Å². The number of hydrogen-bond acceptors (Lipinski definition) is 4. The molecule has 0 aromatic heterocycles. The molecule has 1 aliphatic rings. The van der Waals surface area contributed by atoms with Gasteiger partial charge in [0, 0.05) is 11.0 Å². The van der Waals surface area contributed by atoms with E-state index in [2.05, 4.69) is 15.9 Å². The van der Waals surface area contributed by atoms with Crippen LogP contribution in [0.15, 0.2) is 22.7 Å². The summed E-state index contributed by atoms with van der Waals surface area (Å²) in [6.07, 6.45) is 1.71. The monoisotopic (exact) mass is 340 g/mol. The van der Waals surface area contributed by atoms with Crippen molar-refractivity contribution in [1.29, 1.82) is 0 Å². The van der Waals surface area contributed by atoms with Crippen molar-refractivity contribution in [3.8, 4) is 0 Å².